The maximum Gasteiger partial charge on any atom is 0.416 e. The molecule has 5 nitrogen and oxygen atoms in total. The number of hydrogen-bond donors (Lipinski definition) is 2. The van der Waals surface area contributed by atoms with E-state index in [1.807, 2.05) is 19.9 Å². The molecule has 1 atom stereocenters. The van der Waals surface area contributed by atoms with Crippen LogP contribution in [-0.4, -0.2) is 26.2 Å². The molecule has 0 saturated carbocycles. The van der Waals surface area contributed by atoms with Gasteiger partial charge in [0.2, 0.25) is 0 Å². The van der Waals surface area contributed by atoms with Gasteiger partial charge in [-0.1, -0.05) is 12.1 Å². The highest BCUT2D eigenvalue weighted by Gasteiger charge is 2.30. The van der Waals surface area contributed by atoms with Crippen molar-refractivity contribution in [3.63, 3.8) is 0 Å². The molecule has 0 spiro atoms. The molecule has 25 heavy (non-hydrogen) atoms. The minimum Gasteiger partial charge on any atom is -0.387 e. The maximum absolute atomic E-state index is 12.6. The molecule has 0 saturated heterocycles. The van der Waals surface area contributed by atoms with Crippen molar-refractivity contribution in [2.75, 3.05) is 11.9 Å². The second-order valence-corrected chi connectivity index (χ2v) is 5.85. The van der Waals surface area contributed by atoms with Crippen LogP contribution in [0.2, 0.25) is 0 Å². The number of nitrogens with one attached hydrogen (secondary N) is 1. The molecule has 8 heteroatoms. The van der Waals surface area contributed by atoms with Crippen molar-refractivity contribution in [3.05, 3.63) is 58.9 Å². The van der Waals surface area contributed by atoms with Gasteiger partial charge in [0.05, 0.1) is 17.4 Å². The third kappa shape index (κ3) is 3.74. The number of hydrogen-bond acceptors (Lipinski definition) is 4. The van der Waals surface area contributed by atoms with E-state index in [9.17, 15) is 18.3 Å². The summed E-state index contributed by atoms with van der Waals surface area (Å²) in [5.74, 6) is 0.654. The monoisotopic (exact) mass is 350 g/mol. The average Bonchev–Trinajstić information content (AvgIpc) is 2.91. The van der Waals surface area contributed by atoms with Gasteiger partial charge in [-0.05, 0) is 31.5 Å². The molecule has 0 bridgehead atoms. The molecule has 2 heterocycles. The first-order valence-corrected chi connectivity index (χ1v) is 7.67. The Labute approximate surface area is 142 Å². The van der Waals surface area contributed by atoms with Gasteiger partial charge in [-0.25, -0.2) is 4.98 Å². The standard InChI is InChI=1S/C17H17F3N4O/c1-10-7-15(24-16(22-10)8-11(2)23-24)21-9-14(25)12-3-5-13(6-4-12)17(18,19)20/h3-8,14,21,25H,9H2,1-2H3/t14-/m1/s1. The third-order valence-electron chi connectivity index (χ3n) is 3.78. The normalized spacial score (nSPS) is 13.2. The van der Waals surface area contributed by atoms with Crippen molar-refractivity contribution in [2.45, 2.75) is 26.1 Å². The van der Waals surface area contributed by atoms with Gasteiger partial charge < -0.3 is 10.4 Å². The zero-order valence-corrected chi connectivity index (χ0v) is 13.7. The lowest BCUT2D eigenvalue weighted by Crippen LogP contribution is -2.15. The predicted molar refractivity (Wildman–Crippen MR) is 87.4 cm³/mol. The quantitative estimate of drug-likeness (QED) is 0.756. The predicted octanol–water partition coefficient (Wildman–Crippen LogP) is 3.51. The van der Waals surface area contributed by atoms with Crippen molar-refractivity contribution in [1.29, 1.82) is 0 Å². The van der Waals surface area contributed by atoms with Crippen LogP contribution in [0.1, 0.15) is 28.6 Å². The number of anilines is 1. The molecule has 0 unspecified atom stereocenters. The van der Waals surface area contributed by atoms with Crippen LogP contribution in [0, 0.1) is 13.8 Å². The number of halogens is 3. The molecule has 3 aromatic rings. The highest BCUT2D eigenvalue weighted by molar-refractivity contribution is 5.50. The summed E-state index contributed by atoms with van der Waals surface area (Å²) in [6.45, 7) is 3.83. The Morgan fingerprint density at radius 3 is 2.44 bits per heavy atom. The number of alkyl halides is 3. The zero-order chi connectivity index (χ0) is 18.2. The van der Waals surface area contributed by atoms with E-state index < -0.39 is 17.8 Å². The van der Waals surface area contributed by atoms with Gasteiger partial charge in [-0.2, -0.15) is 22.8 Å². The number of aliphatic hydroxyl groups is 1. The van der Waals surface area contributed by atoms with E-state index in [0.29, 0.717) is 17.0 Å². The average molecular weight is 350 g/mol. The SMILES string of the molecule is Cc1cc(NC[C@@H](O)c2ccc(C(F)(F)F)cc2)n2nc(C)cc2n1. The Hall–Kier alpha value is -2.61. The topological polar surface area (TPSA) is 62.5 Å². The van der Waals surface area contributed by atoms with E-state index in [1.54, 1.807) is 10.6 Å². The highest BCUT2D eigenvalue weighted by Crippen LogP contribution is 2.30. The number of aliphatic hydroxyl groups excluding tert-OH is 1. The highest BCUT2D eigenvalue weighted by atomic mass is 19.4. The summed E-state index contributed by atoms with van der Waals surface area (Å²) in [7, 11) is 0. The summed E-state index contributed by atoms with van der Waals surface area (Å²) in [4.78, 5) is 4.37. The number of aromatic nitrogens is 3. The van der Waals surface area contributed by atoms with Crippen molar-refractivity contribution in [2.24, 2.45) is 0 Å². The lowest BCUT2D eigenvalue weighted by molar-refractivity contribution is -0.137. The summed E-state index contributed by atoms with van der Waals surface area (Å²) in [6.07, 6.45) is -5.35. The lowest BCUT2D eigenvalue weighted by Gasteiger charge is -2.15. The molecular formula is C17H17F3N4O. The van der Waals surface area contributed by atoms with Gasteiger partial charge in [0.15, 0.2) is 5.65 Å². The third-order valence-corrected chi connectivity index (χ3v) is 3.78. The van der Waals surface area contributed by atoms with E-state index in [1.165, 1.54) is 12.1 Å². The molecule has 0 fully saturated rings. The summed E-state index contributed by atoms with van der Waals surface area (Å²) < 4.78 is 39.4. The molecule has 0 aliphatic carbocycles. The maximum atomic E-state index is 12.6. The van der Waals surface area contributed by atoms with Crippen LogP contribution >= 0.6 is 0 Å². The van der Waals surface area contributed by atoms with E-state index >= 15 is 0 Å². The fraction of sp³-hybridized carbons (Fsp3) is 0.294. The molecule has 0 aliphatic rings. The molecule has 2 aromatic heterocycles. The number of rotatable bonds is 4. The summed E-state index contributed by atoms with van der Waals surface area (Å²) in [6, 6.07) is 8.11. The van der Waals surface area contributed by atoms with Gasteiger partial charge in [-0.3, -0.25) is 0 Å². The fourth-order valence-electron chi connectivity index (χ4n) is 2.55. The molecule has 1 aromatic carbocycles. The molecule has 3 rings (SSSR count). The van der Waals surface area contributed by atoms with Crippen LogP contribution < -0.4 is 5.32 Å². The summed E-state index contributed by atoms with van der Waals surface area (Å²) >= 11 is 0. The van der Waals surface area contributed by atoms with Crippen molar-refractivity contribution in [3.8, 4) is 0 Å². The van der Waals surface area contributed by atoms with Crippen LogP contribution in [0.15, 0.2) is 36.4 Å². The number of nitrogens with zero attached hydrogens (tertiary/aromatic N) is 3. The Bertz CT molecular complexity index is 887. The molecule has 2 N–H and O–H groups in total. The lowest BCUT2D eigenvalue weighted by atomic mass is 10.1. The zero-order valence-electron chi connectivity index (χ0n) is 13.7. The number of benzene rings is 1. The minimum absolute atomic E-state index is 0.128. The Morgan fingerprint density at radius 1 is 1.12 bits per heavy atom. The molecule has 0 radical (unpaired) electrons. The van der Waals surface area contributed by atoms with Gasteiger partial charge in [0.25, 0.3) is 0 Å². The first kappa shape index (κ1) is 17.2. The molecule has 0 amide bonds. The van der Waals surface area contributed by atoms with Crippen molar-refractivity contribution in [1.82, 2.24) is 14.6 Å². The van der Waals surface area contributed by atoms with E-state index in [0.717, 1.165) is 23.5 Å². The Balaban J connectivity index is 1.75. The van der Waals surface area contributed by atoms with E-state index in [2.05, 4.69) is 15.4 Å². The first-order chi connectivity index (χ1) is 11.7. The smallest absolute Gasteiger partial charge is 0.387 e. The molecule has 0 aliphatic heterocycles. The van der Waals surface area contributed by atoms with Gasteiger partial charge in [-0.15, -0.1) is 0 Å². The van der Waals surface area contributed by atoms with Crippen LogP contribution in [-0.2, 0) is 6.18 Å². The second-order valence-electron chi connectivity index (χ2n) is 5.85. The second kappa shape index (κ2) is 6.36. The summed E-state index contributed by atoms with van der Waals surface area (Å²) in [5, 5.41) is 17.6. The number of aryl methyl sites for hydroxylation is 2. The Morgan fingerprint density at radius 2 is 1.80 bits per heavy atom. The van der Waals surface area contributed by atoms with Gasteiger partial charge in [0, 0.05) is 24.4 Å². The van der Waals surface area contributed by atoms with Gasteiger partial charge in [0.1, 0.15) is 5.82 Å². The van der Waals surface area contributed by atoms with E-state index in [-0.39, 0.29) is 6.54 Å². The Kier molecular flexibility index (Phi) is 4.38. The number of fused-ring (bicyclic) bond motifs is 1. The van der Waals surface area contributed by atoms with Crippen LogP contribution in [0.4, 0.5) is 19.0 Å². The minimum atomic E-state index is -4.39. The fourth-order valence-corrected chi connectivity index (χ4v) is 2.55. The van der Waals surface area contributed by atoms with Crippen molar-refractivity contribution < 1.29 is 18.3 Å². The van der Waals surface area contributed by atoms with E-state index in [4.69, 9.17) is 0 Å². The molecule has 132 valence electrons. The molecular weight excluding hydrogens is 333 g/mol. The van der Waals surface area contributed by atoms with Gasteiger partial charge >= 0.3 is 6.18 Å². The largest absolute Gasteiger partial charge is 0.416 e. The van der Waals surface area contributed by atoms with Crippen LogP contribution in [0.25, 0.3) is 5.65 Å². The first-order valence-electron chi connectivity index (χ1n) is 7.67. The van der Waals surface area contributed by atoms with Crippen LogP contribution in [0.5, 0.6) is 0 Å². The van der Waals surface area contributed by atoms with Crippen molar-refractivity contribution >= 4 is 11.5 Å². The summed E-state index contributed by atoms with van der Waals surface area (Å²) in [5.41, 5.74) is 1.95. The van der Waals surface area contributed by atoms with Crippen LogP contribution in [0.3, 0.4) is 0 Å².